The number of nitrogens with zero attached hydrogens (tertiary/aromatic N) is 1. The summed E-state index contributed by atoms with van der Waals surface area (Å²) in [5.41, 5.74) is 1.05. The summed E-state index contributed by atoms with van der Waals surface area (Å²) in [7, 11) is -3.01. The molecule has 1 aromatic rings. The van der Waals surface area contributed by atoms with E-state index < -0.39 is 9.84 Å². The van der Waals surface area contributed by atoms with Gasteiger partial charge in [-0.25, -0.2) is 13.4 Å². The second-order valence-corrected chi connectivity index (χ2v) is 8.99. The Hall–Kier alpha value is -0.460. The Bertz CT molecular complexity index is 505. The highest BCUT2D eigenvalue weighted by Crippen LogP contribution is 2.23. The largest absolute Gasteiger partial charge is 0.310 e. The summed E-state index contributed by atoms with van der Waals surface area (Å²) in [6.45, 7) is 9.26. The molecule has 0 amide bonds. The first-order valence-electron chi connectivity index (χ1n) is 6.56. The quantitative estimate of drug-likeness (QED) is 0.840. The average molecular weight is 304 g/mol. The minimum Gasteiger partial charge on any atom is -0.310 e. The number of nitrogens with one attached hydrogen (secondary N) is 1. The molecule has 0 aliphatic carbocycles. The van der Waals surface area contributed by atoms with E-state index in [-0.39, 0.29) is 5.75 Å². The van der Waals surface area contributed by atoms with Crippen molar-refractivity contribution in [1.82, 2.24) is 10.3 Å². The van der Waals surface area contributed by atoms with Gasteiger partial charge in [0.15, 0.2) is 9.84 Å². The molecule has 0 saturated heterocycles. The van der Waals surface area contributed by atoms with Gasteiger partial charge in [0.05, 0.1) is 5.69 Å². The maximum Gasteiger partial charge on any atom is 0.153 e. The van der Waals surface area contributed by atoms with Crippen molar-refractivity contribution in [2.75, 3.05) is 6.26 Å². The standard InChI is InChI=1S/C13H24N2O2S2/c1-9(2)6-11-12(7-14-10(3)4)18-13(15-11)8-19(5,16)17/h9-10,14H,6-8H2,1-5H3. The van der Waals surface area contributed by atoms with Gasteiger partial charge in [0.1, 0.15) is 10.8 Å². The summed E-state index contributed by atoms with van der Waals surface area (Å²) in [6.07, 6.45) is 2.15. The lowest BCUT2D eigenvalue weighted by Crippen LogP contribution is -2.22. The Morgan fingerprint density at radius 1 is 1.26 bits per heavy atom. The number of aromatic nitrogens is 1. The van der Waals surface area contributed by atoms with E-state index in [0.29, 0.717) is 17.0 Å². The van der Waals surface area contributed by atoms with Crippen molar-refractivity contribution in [3.63, 3.8) is 0 Å². The van der Waals surface area contributed by atoms with Crippen LogP contribution < -0.4 is 5.32 Å². The normalized spacial score (nSPS) is 12.6. The molecular weight excluding hydrogens is 280 g/mol. The van der Waals surface area contributed by atoms with Crippen molar-refractivity contribution < 1.29 is 8.42 Å². The molecule has 0 radical (unpaired) electrons. The molecule has 1 heterocycles. The average Bonchev–Trinajstić information content (AvgIpc) is 2.53. The Morgan fingerprint density at radius 2 is 1.89 bits per heavy atom. The Balaban J connectivity index is 2.91. The summed E-state index contributed by atoms with van der Waals surface area (Å²) in [4.78, 5) is 5.68. The van der Waals surface area contributed by atoms with Crippen LogP contribution >= 0.6 is 11.3 Å². The van der Waals surface area contributed by atoms with Crippen molar-refractivity contribution in [1.29, 1.82) is 0 Å². The zero-order chi connectivity index (χ0) is 14.6. The predicted octanol–water partition coefficient (Wildman–Crippen LogP) is 2.38. The molecule has 6 heteroatoms. The maximum absolute atomic E-state index is 11.4. The van der Waals surface area contributed by atoms with Gasteiger partial charge >= 0.3 is 0 Å². The lowest BCUT2D eigenvalue weighted by atomic mass is 10.1. The molecule has 0 bridgehead atoms. The fourth-order valence-corrected chi connectivity index (χ4v) is 3.94. The van der Waals surface area contributed by atoms with Gasteiger partial charge in [-0.05, 0) is 12.3 Å². The molecule has 0 atom stereocenters. The highest BCUT2D eigenvalue weighted by atomic mass is 32.2. The Kier molecular flexibility index (Phi) is 5.95. The van der Waals surface area contributed by atoms with Crippen LogP contribution in [0.25, 0.3) is 0 Å². The zero-order valence-electron chi connectivity index (χ0n) is 12.4. The van der Waals surface area contributed by atoms with E-state index in [1.807, 2.05) is 0 Å². The molecule has 0 unspecified atom stereocenters. The fourth-order valence-electron chi connectivity index (χ4n) is 1.70. The summed E-state index contributed by atoms with van der Waals surface area (Å²) >= 11 is 1.52. The second-order valence-electron chi connectivity index (χ2n) is 5.68. The van der Waals surface area contributed by atoms with Gasteiger partial charge in [0.25, 0.3) is 0 Å². The van der Waals surface area contributed by atoms with Crippen molar-refractivity contribution >= 4 is 21.2 Å². The van der Waals surface area contributed by atoms with Crippen LogP contribution in [0, 0.1) is 5.92 Å². The van der Waals surface area contributed by atoms with Gasteiger partial charge in [-0.15, -0.1) is 11.3 Å². The smallest absolute Gasteiger partial charge is 0.153 e. The molecule has 4 nitrogen and oxygen atoms in total. The molecule has 0 fully saturated rings. The summed E-state index contributed by atoms with van der Waals surface area (Å²) < 4.78 is 22.7. The van der Waals surface area contributed by atoms with Gasteiger partial charge in [0, 0.05) is 23.7 Å². The zero-order valence-corrected chi connectivity index (χ0v) is 14.0. The number of hydrogen-bond donors (Lipinski definition) is 1. The van der Waals surface area contributed by atoms with Crippen molar-refractivity contribution in [3.8, 4) is 0 Å². The molecule has 0 saturated carbocycles. The highest BCUT2D eigenvalue weighted by molar-refractivity contribution is 7.90. The van der Waals surface area contributed by atoms with E-state index in [2.05, 4.69) is 38.0 Å². The van der Waals surface area contributed by atoms with Crippen LogP contribution in [0.15, 0.2) is 0 Å². The molecule has 0 aliphatic rings. The molecule has 1 N–H and O–H groups in total. The van der Waals surface area contributed by atoms with Gasteiger partial charge in [0.2, 0.25) is 0 Å². The number of hydrogen-bond acceptors (Lipinski definition) is 5. The summed E-state index contributed by atoms with van der Waals surface area (Å²) in [6, 6.07) is 0.410. The summed E-state index contributed by atoms with van der Waals surface area (Å²) in [5, 5.41) is 4.08. The van der Waals surface area contributed by atoms with E-state index in [1.54, 1.807) is 0 Å². The van der Waals surface area contributed by atoms with Crippen LogP contribution in [0.3, 0.4) is 0 Å². The third kappa shape index (κ3) is 6.49. The van der Waals surface area contributed by atoms with E-state index in [4.69, 9.17) is 0 Å². The van der Waals surface area contributed by atoms with E-state index >= 15 is 0 Å². The minimum absolute atomic E-state index is 0.0461. The van der Waals surface area contributed by atoms with E-state index in [9.17, 15) is 8.42 Å². The van der Waals surface area contributed by atoms with Gasteiger partial charge in [-0.2, -0.15) is 0 Å². The van der Waals surface area contributed by atoms with E-state index in [1.165, 1.54) is 22.5 Å². The van der Waals surface area contributed by atoms with Gasteiger partial charge in [-0.3, -0.25) is 0 Å². The first-order chi connectivity index (χ1) is 8.67. The summed E-state index contributed by atoms with van der Waals surface area (Å²) in [5.74, 6) is 0.566. The van der Waals surface area contributed by atoms with Gasteiger partial charge < -0.3 is 5.32 Å². The number of sulfone groups is 1. The maximum atomic E-state index is 11.4. The lowest BCUT2D eigenvalue weighted by Gasteiger charge is -2.08. The van der Waals surface area contributed by atoms with Crippen molar-refractivity contribution in [2.45, 2.75) is 52.5 Å². The Morgan fingerprint density at radius 3 is 2.37 bits per heavy atom. The third-order valence-electron chi connectivity index (χ3n) is 2.48. The first kappa shape index (κ1) is 16.6. The van der Waals surface area contributed by atoms with Crippen LogP contribution in [-0.4, -0.2) is 25.7 Å². The highest BCUT2D eigenvalue weighted by Gasteiger charge is 2.15. The van der Waals surface area contributed by atoms with E-state index in [0.717, 1.165) is 18.7 Å². The second kappa shape index (κ2) is 6.81. The van der Waals surface area contributed by atoms with Gasteiger partial charge in [-0.1, -0.05) is 27.7 Å². The molecular formula is C13H24N2O2S2. The molecule has 19 heavy (non-hydrogen) atoms. The first-order valence-corrected chi connectivity index (χ1v) is 9.43. The number of rotatable bonds is 7. The minimum atomic E-state index is -3.01. The molecule has 0 spiro atoms. The molecule has 110 valence electrons. The SMILES string of the molecule is CC(C)Cc1nc(CS(C)(=O)=O)sc1CNC(C)C. The third-order valence-corrected chi connectivity index (χ3v) is 4.56. The fraction of sp³-hybridized carbons (Fsp3) is 0.769. The molecule has 1 aromatic heterocycles. The van der Waals surface area contributed by atoms with Crippen LogP contribution in [0.2, 0.25) is 0 Å². The monoisotopic (exact) mass is 304 g/mol. The lowest BCUT2D eigenvalue weighted by molar-refractivity contribution is 0.581. The van der Waals surface area contributed by atoms with Crippen LogP contribution in [-0.2, 0) is 28.6 Å². The molecule has 1 rings (SSSR count). The van der Waals surface area contributed by atoms with Crippen LogP contribution in [0.4, 0.5) is 0 Å². The Labute approximate surface area is 120 Å². The molecule has 0 aliphatic heterocycles. The van der Waals surface area contributed by atoms with Crippen LogP contribution in [0.5, 0.6) is 0 Å². The van der Waals surface area contributed by atoms with Crippen molar-refractivity contribution in [3.05, 3.63) is 15.6 Å². The topological polar surface area (TPSA) is 59.1 Å². The number of thiazole rings is 1. The van der Waals surface area contributed by atoms with Crippen LogP contribution in [0.1, 0.15) is 43.3 Å². The molecule has 0 aromatic carbocycles. The van der Waals surface area contributed by atoms with Crippen molar-refractivity contribution in [2.24, 2.45) is 5.92 Å². The predicted molar refractivity (Wildman–Crippen MR) is 81.2 cm³/mol.